The van der Waals surface area contributed by atoms with Gasteiger partial charge in [0.25, 0.3) is 0 Å². The molecule has 0 spiro atoms. The van der Waals surface area contributed by atoms with Gasteiger partial charge in [-0.25, -0.2) is 0 Å². The minimum Gasteiger partial charge on any atom is -0.513 e. The van der Waals surface area contributed by atoms with E-state index in [-0.39, 0.29) is 5.92 Å². The van der Waals surface area contributed by atoms with E-state index in [1.165, 1.54) is 0 Å². The largest absolute Gasteiger partial charge is 0.513 e. The van der Waals surface area contributed by atoms with Crippen LogP contribution >= 0.6 is 0 Å². The summed E-state index contributed by atoms with van der Waals surface area (Å²) < 4.78 is 0. The molecule has 14 heavy (non-hydrogen) atoms. The van der Waals surface area contributed by atoms with Gasteiger partial charge in [-0.1, -0.05) is 18.8 Å². The highest BCUT2D eigenvalue weighted by molar-refractivity contribution is 6.21. The fraction of sp³-hybridized carbons (Fsp3) is 0.727. The second-order valence-corrected chi connectivity index (χ2v) is 4.06. The maximum atomic E-state index is 10.9. The summed E-state index contributed by atoms with van der Waals surface area (Å²) in [5.74, 6) is 0.775. The van der Waals surface area contributed by atoms with Crippen LogP contribution in [0, 0.1) is 11.8 Å². The zero-order valence-corrected chi connectivity index (χ0v) is 8.70. The van der Waals surface area contributed by atoms with Crippen molar-refractivity contribution in [1.29, 1.82) is 0 Å². The molecule has 0 bridgehead atoms. The van der Waals surface area contributed by atoms with E-state index in [0.29, 0.717) is 30.0 Å². The Balaban J connectivity index is 2.58. The molecule has 0 amide bonds. The van der Waals surface area contributed by atoms with Crippen molar-refractivity contribution < 1.29 is 9.90 Å². The molecule has 1 N–H and O–H groups in total. The van der Waals surface area contributed by atoms with E-state index in [1.54, 1.807) is 0 Å². The van der Waals surface area contributed by atoms with Crippen LogP contribution in [0.1, 0.15) is 39.0 Å². The lowest BCUT2D eigenvalue weighted by Crippen LogP contribution is -2.21. The number of allylic oxidation sites excluding steroid dienone is 2. The summed E-state index contributed by atoms with van der Waals surface area (Å²) in [4.78, 5) is 10.9. The topological polar surface area (TPSA) is 37.3 Å². The number of hydrogen-bond donors (Lipinski definition) is 1. The lowest BCUT2D eigenvalue weighted by molar-refractivity contribution is -0.112. The van der Waals surface area contributed by atoms with Crippen LogP contribution in [0.25, 0.3) is 0 Å². The molecule has 0 heterocycles. The standard InChI is InChI=1S/C11H17BO2/c1-2-3-9(7-13)8-4-5-11(14)10(12)6-8/h7-9,14H,2-6H2,1H3. The zero-order valence-electron chi connectivity index (χ0n) is 8.70. The summed E-state index contributed by atoms with van der Waals surface area (Å²) in [5.41, 5.74) is 0.573. The summed E-state index contributed by atoms with van der Waals surface area (Å²) in [5, 5.41) is 9.35. The Morgan fingerprint density at radius 1 is 1.71 bits per heavy atom. The molecule has 1 rings (SSSR count). The van der Waals surface area contributed by atoms with Crippen molar-refractivity contribution in [1.82, 2.24) is 0 Å². The second-order valence-electron chi connectivity index (χ2n) is 4.06. The molecule has 1 aliphatic rings. The van der Waals surface area contributed by atoms with Crippen LogP contribution in [0.2, 0.25) is 0 Å². The lowest BCUT2D eigenvalue weighted by Gasteiger charge is -2.27. The number of carbonyl (C=O) groups excluding carboxylic acids is 1. The molecule has 0 aromatic carbocycles. The van der Waals surface area contributed by atoms with E-state index < -0.39 is 0 Å². The number of aldehydes is 1. The van der Waals surface area contributed by atoms with Crippen molar-refractivity contribution in [2.75, 3.05) is 0 Å². The van der Waals surface area contributed by atoms with Crippen LogP contribution in [-0.2, 0) is 4.79 Å². The van der Waals surface area contributed by atoms with Gasteiger partial charge in [0.05, 0.1) is 5.76 Å². The normalized spacial score (nSPS) is 24.8. The van der Waals surface area contributed by atoms with Crippen LogP contribution in [0.4, 0.5) is 0 Å². The molecular weight excluding hydrogens is 175 g/mol. The van der Waals surface area contributed by atoms with Gasteiger partial charge in [-0.15, -0.1) is 0 Å². The molecule has 2 atom stereocenters. The summed E-state index contributed by atoms with van der Waals surface area (Å²) in [7, 11) is 5.67. The van der Waals surface area contributed by atoms with E-state index in [1.807, 2.05) is 0 Å². The fourth-order valence-electron chi connectivity index (χ4n) is 2.10. The average Bonchev–Trinajstić information content (AvgIpc) is 2.19. The van der Waals surface area contributed by atoms with Gasteiger partial charge in [-0.05, 0) is 25.2 Å². The molecule has 0 aliphatic heterocycles. The molecule has 0 saturated heterocycles. The van der Waals surface area contributed by atoms with Crippen LogP contribution in [-0.4, -0.2) is 19.2 Å². The Bertz CT molecular complexity index is 235. The van der Waals surface area contributed by atoms with Gasteiger partial charge in [0.15, 0.2) is 0 Å². The van der Waals surface area contributed by atoms with Gasteiger partial charge in [-0.3, -0.25) is 0 Å². The van der Waals surface area contributed by atoms with E-state index in [0.717, 1.165) is 25.5 Å². The van der Waals surface area contributed by atoms with Crippen molar-refractivity contribution in [2.24, 2.45) is 11.8 Å². The molecule has 2 nitrogen and oxygen atoms in total. The van der Waals surface area contributed by atoms with Crippen molar-refractivity contribution in [3.05, 3.63) is 11.2 Å². The first-order valence-electron chi connectivity index (χ1n) is 5.30. The molecule has 0 saturated carbocycles. The maximum absolute atomic E-state index is 10.9. The Morgan fingerprint density at radius 2 is 2.43 bits per heavy atom. The molecule has 2 radical (unpaired) electrons. The Hall–Kier alpha value is -0.725. The van der Waals surface area contributed by atoms with Crippen LogP contribution in [0.3, 0.4) is 0 Å². The first kappa shape index (κ1) is 11.4. The maximum Gasteiger partial charge on any atom is 0.123 e. The monoisotopic (exact) mass is 192 g/mol. The summed E-state index contributed by atoms with van der Waals surface area (Å²) in [6, 6.07) is 0. The molecule has 76 valence electrons. The quantitative estimate of drug-likeness (QED) is 0.548. The second kappa shape index (κ2) is 5.23. The number of hydrogen-bond acceptors (Lipinski definition) is 2. The van der Waals surface area contributed by atoms with Gasteiger partial charge in [0.2, 0.25) is 0 Å². The number of aliphatic hydroxyl groups is 1. The first-order chi connectivity index (χ1) is 6.69. The average molecular weight is 192 g/mol. The third-order valence-corrected chi connectivity index (χ3v) is 3.01. The van der Waals surface area contributed by atoms with Crippen LogP contribution in [0.5, 0.6) is 0 Å². The van der Waals surface area contributed by atoms with Crippen molar-refractivity contribution in [3.8, 4) is 0 Å². The first-order valence-corrected chi connectivity index (χ1v) is 5.30. The minimum atomic E-state index is 0.117. The third kappa shape index (κ3) is 2.63. The molecule has 0 aromatic heterocycles. The fourth-order valence-corrected chi connectivity index (χ4v) is 2.10. The number of carbonyl (C=O) groups is 1. The summed E-state index contributed by atoms with van der Waals surface area (Å²) in [6.07, 6.45) is 5.19. The van der Waals surface area contributed by atoms with Gasteiger partial charge in [-0.2, -0.15) is 0 Å². The summed E-state index contributed by atoms with van der Waals surface area (Å²) >= 11 is 0. The number of aliphatic hydroxyl groups excluding tert-OH is 1. The highest BCUT2D eigenvalue weighted by Gasteiger charge is 2.24. The summed E-state index contributed by atoms with van der Waals surface area (Å²) in [6.45, 7) is 2.08. The molecule has 2 unspecified atom stereocenters. The smallest absolute Gasteiger partial charge is 0.123 e. The van der Waals surface area contributed by atoms with Crippen molar-refractivity contribution in [3.63, 3.8) is 0 Å². The Kier molecular flexibility index (Phi) is 4.24. The Labute approximate surface area is 86.8 Å². The van der Waals surface area contributed by atoms with Crippen molar-refractivity contribution in [2.45, 2.75) is 39.0 Å². The molecule has 0 aromatic rings. The van der Waals surface area contributed by atoms with Crippen LogP contribution in [0.15, 0.2) is 11.2 Å². The van der Waals surface area contributed by atoms with Gasteiger partial charge in [0, 0.05) is 12.3 Å². The van der Waals surface area contributed by atoms with Gasteiger partial charge >= 0.3 is 0 Å². The van der Waals surface area contributed by atoms with E-state index in [4.69, 9.17) is 7.85 Å². The van der Waals surface area contributed by atoms with Gasteiger partial charge < -0.3 is 9.90 Å². The Morgan fingerprint density at radius 3 is 2.93 bits per heavy atom. The SMILES string of the molecule is [B]C1=C(O)CCC(C(C=O)CCC)C1. The lowest BCUT2D eigenvalue weighted by atomic mass is 9.73. The highest BCUT2D eigenvalue weighted by atomic mass is 16.3. The third-order valence-electron chi connectivity index (χ3n) is 3.01. The van der Waals surface area contributed by atoms with E-state index >= 15 is 0 Å². The molecule has 3 heteroatoms. The zero-order chi connectivity index (χ0) is 10.6. The predicted octanol–water partition coefficient (Wildman–Crippen LogP) is 2.34. The van der Waals surface area contributed by atoms with Crippen molar-refractivity contribution >= 4 is 14.1 Å². The van der Waals surface area contributed by atoms with E-state index in [9.17, 15) is 9.90 Å². The van der Waals surface area contributed by atoms with E-state index in [2.05, 4.69) is 6.92 Å². The molecular formula is C11H17BO2. The van der Waals surface area contributed by atoms with Gasteiger partial charge in [0.1, 0.15) is 14.1 Å². The molecule has 1 aliphatic carbocycles. The number of rotatable bonds is 4. The predicted molar refractivity (Wildman–Crippen MR) is 57.2 cm³/mol. The highest BCUT2D eigenvalue weighted by Crippen LogP contribution is 2.32. The van der Waals surface area contributed by atoms with Crippen LogP contribution < -0.4 is 0 Å². The minimum absolute atomic E-state index is 0.117. The molecule has 0 fully saturated rings.